The van der Waals surface area contributed by atoms with Crippen LogP contribution in [0.25, 0.3) is 28.1 Å². The number of hydrogen-bond acceptors (Lipinski definition) is 3. The van der Waals surface area contributed by atoms with Crippen LogP contribution in [0, 0.1) is 6.92 Å². The maximum absolute atomic E-state index is 13.9. The van der Waals surface area contributed by atoms with Crippen LogP contribution in [0.5, 0.6) is 5.75 Å². The summed E-state index contributed by atoms with van der Waals surface area (Å²) in [7, 11) is 0. The topological polar surface area (TPSA) is 59.4 Å². The average Bonchev–Trinajstić information content (AvgIpc) is 2.97. The molecule has 212 valence electrons. The minimum atomic E-state index is -4.54. The summed E-state index contributed by atoms with van der Waals surface area (Å²) < 4.78 is 47.8. The Morgan fingerprint density at radius 2 is 1.67 bits per heavy atom. The number of alkyl halides is 3. The molecule has 0 bridgehead atoms. The van der Waals surface area contributed by atoms with Crippen LogP contribution in [-0.4, -0.2) is 16.1 Å². The largest absolute Gasteiger partial charge is 0.489 e. The van der Waals surface area contributed by atoms with Crippen molar-refractivity contribution < 1.29 is 27.8 Å². The minimum absolute atomic E-state index is 0.0906. The predicted octanol–water partition coefficient (Wildman–Crippen LogP) is 8.89. The number of para-hydroxylation sites is 1. The fraction of sp³-hybridized carbons (Fsp3) is 0.143. The molecule has 7 heteroatoms. The third kappa shape index (κ3) is 6.36. The van der Waals surface area contributed by atoms with Crippen molar-refractivity contribution in [3.63, 3.8) is 0 Å². The van der Waals surface area contributed by atoms with Crippen molar-refractivity contribution in [3.8, 4) is 16.9 Å². The Hall–Kier alpha value is -4.91. The van der Waals surface area contributed by atoms with Crippen LogP contribution in [0.1, 0.15) is 40.3 Å². The molecule has 0 aliphatic carbocycles. The highest BCUT2D eigenvalue weighted by molar-refractivity contribution is 5.98. The average molecular weight is 568 g/mol. The summed E-state index contributed by atoms with van der Waals surface area (Å²) in [6.07, 6.45) is -0.887. The molecule has 5 aromatic rings. The lowest BCUT2D eigenvalue weighted by atomic mass is 9.91. The molecule has 1 aromatic heterocycles. The van der Waals surface area contributed by atoms with Crippen LogP contribution in [0.3, 0.4) is 0 Å². The van der Waals surface area contributed by atoms with E-state index in [0.29, 0.717) is 23.1 Å². The first-order valence-corrected chi connectivity index (χ1v) is 13.4. The number of rotatable bonds is 8. The molecule has 5 rings (SSSR count). The molecular weight excluding hydrogens is 539 g/mol. The first kappa shape index (κ1) is 28.6. The van der Waals surface area contributed by atoms with E-state index in [0.717, 1.165) is 39.4 Å². The Morgan fingerprint density at radius 1 is 0.929 bits per heavy atom. The standard InChI is InChI=1S/C35H28F3NO3/c1-22-7-3-4-8-26(22)18-28-20-39-33-30(11-6-12-31(33)35(36,37)38)32(28)27-9-5-10-29(19-27)42-21-25-15-13-24(14-16-25)17-23(2)34(40)41/h3-17,19-20H,18,21H2,1-2H3,(H,40,41)/b23-17+. The van der Waals surface area contributed by atoms with Gasteiger partial charge in [0.15, 0.2) is 0 Å². The third-order valence-electron chi connectivity index (χ3n) is 7.15. The molecule has 0 fully saturated rings. The van der Waals surface area contributed by atoms with Crippen LogP contribution in [0.2, 0.25) is 0 Å². The number of carboxylic acid groups (broad SMARTS) is 1. The zero-order valence-electron chi connectivity index (χ0n) is 23.1. The summed E-state index contributed by atoms with van der Waals surface area (Å²) in [6.45, 7) is 3.81. The van der Waals surface area contributed by atoms with E-state index in [9.17, 15) is 18.0 Å². The summed E-state index contributed by atoms with van der Waals surface area (Å²) in [5.41, 5.74) is 5.41. The van der Waals surface area contributed by atoms with Crippen molar-refractivity contribution in [1.82, 2.24) is 4.98 Å². The molecule has 0 aliphatic heterocycles. The highest BCUT2D eigenvalue weighted by Gasteiger charge is 2.33. The van der Waals surface area contributed by atoms with Gasteiger partial charge in [0.25, 0.3) is 0 Å². The summed E-state index contributed by atoms with van der Waals surface area (Å²) in [5.74, 6) is -0.405. The van der Waals surface area contributed by atoms with E-state index in [-0.39, 0.29) is 17.7 Å². The SMILES string of the molecule is C/C(=C\c1ccc(COc2cccc(-c3c(Cc4ccccc4C)cnc4c(C(F)(F)F)cccc34)c2)cc1)C(=O)O. The molecule has 42 heavy (non-hydrogen) atoms. The number of aromatic nitrogens is 1. The molecule has 1 N–H and O–H groups in total. The molecule has 4 nitrogen and oxygen atoms in total. The van der Waals surface area contributed by atoms with Gasteiger partial charge >= 0.3 is 12.1 Å². The Kier molecular flexibility index (Phi) is 8.11. The van der Waals surface area contributed by atoms with E-state index < -0.39 is 17.7 Å². The number of hydrogen-bond donors (Lipinski definition) is 1. The number of fused-ring (bicyclic) bond motifs is 1. The van der Waals surface area contributed by atoms with Gasteiger partial charge in [-0.3, -0.25) is 4.98 Å². The summed E-state index contributed by atoms with van der Waals surface area (Å²) in [6, 6.07) is 26.8. The van der Waals surface area contributed by atoms with E-state index in [1.165, 1.54) is 13.0 Å². The van der Waals surface area contributed by atoms with E-state index >= 15 is 0 Å². The van der Waals surface area contributed by atoms with Gasteiger partial charge in [0, 0.05) is 17.2 Å². The number of aliphatic carboxylic acids is 1. The number of ether oxygens (including phenoxy) is 1. The number of carbonyl (C=O) groups is 1. The summed E-state index contributed by atoms with van der Waals surface area (Å²) >= 11 is 0. The molecule has 0 radical (unpaired) electrons. The van der Waals surface area contributed by atoms with E-state index in [1.54, 1.807) is 18.3 Å². The van der Waals surface area contributed by atoms with Crippen molar-refractivity contribution in [3.05, 3.63) is 136 Å². The number of aryl methyl sites for hydroxylation is 1. The number of halogens is 3. The van der Waals surface area contributed by atoms with Gasteiger partial charge in [0.1, 0.15) is 12.4 Å². The lowest BCUT2D eigenvalue weighted by Crippen LogP contribution is -2.07. The molecule has 0 saturated heterocycles. The first-order valence-electron chi connectivity index (χ1n) is 13.4. The third-order valence-corrected chi connectivity index (χ3v) is 7.15. The maximum atomic E-state index is 13.9. The lowest BCUT2D eigenvalue weighted by molar-refractivity contribution is -0.136. The minimum Gasteiger partial charge on any atom is -0.489 e. The molecule has 1 heterocycles. The van der Waals surface area contributed by atoms with E-state index in [4.69, 9.17) is 9.84 Å². The number of pyridine rings is 1. The number of nitrogens with zero attached hydrogens (tertiary/aromatic N) is 1. The quantitative estimate of drug-likeness (QED) is 0.190. The monoisotopic (exact) mass is 567 g/mol. The van der Waals surface area contributed by atoms with Gasteiger partial charge in [0.2, 0.25) is 0 Å². The van der Waals surface area contributed by atoms with Crippen LogP contribution in [0.15, 0.2) is 103 Å². The number of carboxylic acids is 1. The second-order valence-electron chi connectivity index (χ2n) is 10.2. The first-order chi connectivity index (χ1) is 20.1. The fourth-order valence-electron chi connectivity index (χ4n) is 4.91. The Morgan fingerprint density at radius 3 is 2.38 bits per heavy atom. The molecule has 0 amide bonds. The van der Waals surface area contributed by atoms with Crippen LogP contribution < -0.4 is 4.74 Å². The zero-order valence-corrected chi connectivity index (χ0v) is 23.1. The van der Waals surface area contributed by atoms with Crippen molar-refractivity contribution in [1.29, 1.82) is 0 Å². The smallest absolute Gasteiger partial charge is 0.418 e. The van der Waals surface area contributed by atoms with Crippen molar-refractivity contribution in [2.75, 3.05) is 0 Å². The highest BCUT2D eigenvalue weighted by atomic mass is 19.4. The van der Waals surface area contributed by atoms with Crippen molar-refractivity contribution >= 4 is 22.9 Å². The highest BCUT2D eigenvalue weighted by Crippen LogP contribution is 2.39. The van der Waals surface area contributed by atoms with Gasteiger partial charge in [-0.15, -0.1) is 0 Å². The Bertz CT molecular complexity index is 1790. The van der Waals surface area contributed by atoms with Gasteiger partial charge in [-0.05, 0) is 83.5 Å². The molecular formula is C35H28F3NO3. The van der Waals surface area contributed by atoms with Crippen LogP contribution in [0.4, 0.5) is 13.2 Å². The Balaban J connectivity index is 1.51. The van der Waals surface area contributed by atoms with Gasteiger partial charge in [-0.2, -0.15) is 13.2 Å². The second-order valence-corrected chi connectivity index (χ2v) is 10.2. The molecule has 0 atom stereocenters. The van der Waals surface area contributed by atoms with E-state index in [1.807, 2.05) is 79.7 Å². The predicted molar refractivity (Wildman–Crippen MR) is 158 cm³/mol. The van der Waals surface area contributed by atoms with Gasteiger partial charge < -0.3 is 9.84 Å². The molecule has 0 saturated carbocycles. The molecule has 0 unspecified atom stereocenters. The number of benzene rings is 4. The molecule has 0 aliphatic rings. The normalized spacial score (nSPS) is 12.0. The van der Waals surface area contributed by atoms with Gasteiger partial charge in [-0.25, -0.2) is 4.79 Å². The fourth-order valence-corrected chi connectivity index (χ4v) is 4.91. The summed E-state index contributed by atoms with van der Waals surface area (Å²) in [5, 5.41) is 9.51. The summed E-state index contributed by atoms with van der Waals surface area (Å²) in [4.78, 5) is 15.4. The van der Waals surface area contributed by atoms with Crippen LogP contribution in [-0.2, 0) is 24.0 Å². The lowest BCUT2D eigenvalue weighted by Gasteiger charge is -2.17. The van der Waals surface area contributed by atoms with Crippen molar-refractivity contribution in [2.24, 2.45) is 0 Å². The molecule has 0 spiro atoms. The maximum Gasteiger partial charge on any atom is 0.418 e. The van der Waals surface area contributed by atoms with Gasteiger partial charge in [-0.1, -0.05) is 72.8 Å². The van der Waals surface area contributed by atoms with Crippen LogP contribution >= 0.6 is 0 Å². The Labute approximate surface area is 241 Å². The zero-order chi connectivity index (χ0) is 29.9. The van der Waals surface area contributed by atoms with Gasteiger partial charge in [0.05, 0.1) is 11.1 Å². The second kappa shape index (κ2) is 11.9. The molecule has 4 aromatic carbocycles. The van der Waals surface area contributed by atoms with Crippen molar-refractivity contribution in [2.45, 2.75) is 33.1 Å². The van der Waals surface area contributed by atoms with E-state index in [2.05, 4.69) is 4.98 Å².